The summed E-state index contributed by atoms with van der Waals surface area (Å²) in [5.74, 6) is 0.210. The molecule has 0 radical (unpaired) electrons. The summed E-state index contributed by atoms with van der Waals surface area (Å²) in [4.78, 5) is 0. The van der Waals surface area contributed by atoms with Crippen molar-refractivity contribution in [2.24, 2.45) is 0 Å². The fraction of sp³-hybridized carbons (Fsp3) is 0.455. The molecule has 0 aliphatic carbocycles. The molecule has 4 nitrogen and oxygen atoms in total. The van der Waals surface area contributed by atoms with Crippen LogP contribution in [0.15, 0.2) is 42.5 Å². The van der Waals surface area contributed by atoms with Crippen molar-refractivity contribution in [1.29, 1.82) is 0 Å². The summed E-state index contributed by atoms with van der Waals surface area (Å²) in [6.07, 6.45) is 1.64. The summed E-state index contributed by atoms with van der Waals surface area (Å²) < 4.78 is 17.6. The molecule has 0 aromatic heterocycles. The van der Waals surface area contributed by atoms with Crippen molar-refractivity contribution in [2.75, 3.05) is 13.7 Å². The molecule has 1 N–H and O–H groups in total. The van der Waals surface area contributed by atoms with Gasteiger partial charge in [0, 0.05) is 19.2 Å². The number of rotatable bonds is 6. The van der Waals surface area contributed by atoms with E-state index in [0.717, 1.165) is 35.0 Å². The first-order valence-corrected chi connectivity index (χ1v) is 9.51. The van der Waals surface area contributed by atoms with Crippen LogP contribution in [-0.2, 0) is 20.5 Å². The van der Waals surface area contributed by atoms with Gasteiger partial charge in [-0.3, -0.25) is 0 Å². The number of hydrogen-bond donors (Lipinski definition) is 1. The lowest BCUT2D eigenvalue weighted by Gasteiger charge is -2.32. The van der Waals surface area contributed by atoms with Crippen LogP contribution < -0.4 is 5.46 Å². The standard InChI is InChI=1S/C22H29BO4/c1-21(2)22(3,4)27-23(26-21)20-17(12-9-13-25-5)14-18(15-19(20)24)16-10-7-6-8-11-16/h6-8,10-11,14-15,24H,9,12-13H2,1-5H3. The Morgan fingerprint density at radius 1 is 0.963 bits per heavy atom. The SMILES string of the molecule is COCCCc1cc(-c2ccccc2)cc(O)c1B1OC(C)(C)C(C)(C)O1. The first-order valence-electron chi connectivity index (χ1n) is 9.51. The highest BCUT2D eigenvalue weighted by atomic mass is 16.7. The van der Waals surface area contributed by atoms with Gasteiger partial charge in [0.2, 0.25) is 0 Å². The Bertz CT molecular complexity index is 770. The lowest BCUT2D eigenvalue weighted by Crippen LogP contribution is -2.41. The monoisotopic (exact) mass is 368 g/mol. The molecule has 1 saturated heterocycles. The first-order chi connectivity index (χ1) is 12.7. The van der Waals surface area contributed by atoms with Gasteiger partial charge in [0.25, 0.3) is 0 Å². The van der Waals surface area contributed by atoms with Crippen LogP contribution in [0.3, 0.4) is 0 Å². The van der Waals surface area contributed by atoms with Crippen LogP contribution in [0.25, 0.3) is 11.1 Å². The topological polar surface area (TPSA) is 47.9 Å². The molecule has 0 amide bonds. The molecule has 2 aromatic carbocycles. The highest BCUT2D eigenvalue weighted by Crippen LogP contribution is 2.38. The quantitative estimate of drug-likeness (QED) is 0.620. The average Bonchev–Trinajstić information content (AvgIpc) is 2.82. The maximum absolute atomic E-state index is 10.9. The van der Waals surface area contributed by atoms with Gasteiger partial charge in [-0.25, -0.2) is 0 Å². The van der Waals surface area contributed by atoms with E-state index in [1.165, 1.54) is 0 Å². The molecule has 3 rings (SSSR count). The van der Waals surface area contributed by atoms with Gasteiger partial charge >= 0.3 is 7.12 Å². The molecule has 1 aliphatic heterocycles. The van der Waals surface area contributed by atoms with Crippen molar-refractivity contribution < 1.29 is 19.2 Å². The molecular formula is C22H29BO4. The summed E-state index contributed by atoms with van der Waals surface area (Å²) in [5, 5.41) is 10.9. The molecule has 0 saturated carbocycles. The van der Waals surface area contributed by atoms with E-state index in [1.807, 2.05) is 58.0 Å². The number of aromatic hydroxyl groups is 1. The van der Waals surface area contributed by atoms with Crippen molar-refractivity contribution in [3.8, 4) is 16.9 Å². The molecular weight excluding hydrogens is 339 g/mol. The average molecular weight is 368 g/mol. The molecule has 27 heavy (non-hydrogen) atoms. The predicted molar refractivity (Wildman–Crippen MR) is 109 cm³/mol. The molecule has 0 unspecified atom stereocenters. The van der Waals surface area contributed by atoms with Gasteiger partial charge in [-0.05, 0) is 63.3 Å². The fourth-order valence-corrected chi connectivity index (χ4v) is 3.34. The predicted octanol–water partition coefficient (Wildman–Crippen LogP) is 3.94. The van der Waals surface area contributed by atoms with Crippen molar-refractivity contribution >= 4 is 12.6 Å². The van der Waals surface area contributed by atoms with Gasteiger partial charge < -0.3 is 19.2 Å². The highest BCUT2D eigenvalue weighted by Gasteiger charge is 2.53. The van der Waals surface area contributed by atoms with Crippen LogP contribution in [-0.4, -0.2) is 37.1 Å². The Labute approximate surface area is 162 Å². The largest absolute Gasteiger partial charge is 0.508 e. The third kappa shape index (κ3) is 4.05. The summed E-state index contributed by atoms with van der Waals surface area (Å²) >= 11 is 0. The zero-order chi connectivity index (χ0) is 19.7. The highest BCUT2D eigenvalue weighted by molar-refractivity contribution is 6.63. The normalized spacial score (nSPS) is 18.0. The molecule has 0 atom stereocenters. The minimum atomic E-state index is -0.586. The Hall–Kier alpha value is -1.82. The van der Waals surface area contributed by atoms with Crippen LogP contribution in [0.4, 0.5) is 0 Å². The smallest absolute Gasteiger partial charge is 0.498 e. The Morgan fingerprint density at radius 3 is 2.19 bits per heavy atom. The molecule has 0 bridgehead atoms. The number of aryl methyl sites for hydroxylation is 1. The second-order valence-corrected chi connectivity index (χ2v) is 8.12. The zero-order valence-corrected chi connectivity index (χ0v) is 16.9. The van der Waals surface area contributed by atoms with Gasteiger partial charge in [-0.2, -0.15) is 0 Å². The van der Waals surface area contributed by atoms with Crippen molar-refractivity contribution in [3.63, 3.8) is 0 Å². The van der Waals surface area contributed by atoms with Crippen LogP contribution in [0.1, 0.15) is 39.7 Å². The van der Waals surface area contributed by atoms with E-state index in [0.29, 0.717) is 6.61 Å². The van der Waals surface area contributed by atoms with Crippen LogP contribution in [0, 0.1) is 0 Å². The Kier molecular flexibility index (Phi) is 5.66. The third-order valence-corrected chi connectivity index (χ3v) is 5.63. The molecule has 1 fully saturated rings. The van der Waals surface area contributed by atoms with Gasteiger partial charge in [0.05, 0.1) is 11.2 Å². The number of ether oxygens (including phenoxy) is 1. The summed E-state index contributed by atoms with van der Waals surface area (Å²) in [6.45, 7) is 8.75. The van der Waals surface area contributed by atoms with Crippen molar-refractivity contribution in [3.05, 3.63) is 48.0 Å². The second kappa shape index (κ2) is 7.66. The summed E-state index contributed by atoms with van der Waals surface area (Å²) in [7, 11) is 1.12. The summed E-state index contributed by atoms with van der Waals surface area (Å²) in [5.41, 5.74) is 2.91. The van der Waals surface area contributed by atoms with E-state index >= 15 is 0 Å². The minimum absolute atomic E-state index is 0.210. The molecule has 1 aliphatic rings. The maximum atomic E-state index is 10.9. The number of hydrogen-bond acceptors (Lipinski definition) is 4. The molecule has 1 heterocycles. The van der Waals surface area contributed by atoms with Crippen molar-refractivity contribution in [1.82, 2.24) is 0 Å². The first kappa shape index (κ1) is 19.9. The van der Waals surface area contributed by atoms with Crippen LogP contribution >= 0.6 is 0 Å². The number of phenolic OH excluding ortho intramolecular Hbond substituents is 1. The van der Waals surface area contributed by atoms with Crippen LogP contribution in [0.5, 0.6) is 5.75 Å². The van der Waals surface area contributed by atoms with Crippen LogP contribution in [0.2, 0.25) is 0 Å². The second-order valence-electron chi connectivity index (χ2n) is 8.12. The number of benzene rings is 2. The van der Waals surface area contributed by atoms with E-state index in [1.54, 1.807) is 13.2 Å². The molecule has 144 valence electrons. The minimum Gasteiger partial charge on any atom is -0.508 e. The fourth-order valence-electron chi connectivity index (χ4n) is 3.34. The Morgan fingerprint density at radius 2 is 1.59 bits per heavy atom. The van der Waals surface area contributed by atoms with Gasteiger partial charge in [-0.15, -0.1) is 0 Å². The zero-order valence-electron chi connectivity index (χ0n) is 16.9. The Balaban J connectivity index is 2.02. The third-order valence-electron chi connectivity index (χ3n) is 5.63. The summed E-state index contributed by atoms with van der Waals surface area (Å²) in [6, 6.07) is 14.0. The molecule has 5 heteroatoms. The van der Waals surface area contributed by atoms with E-state index in [9.17, 15) is 5.11 Å². The van der Waals surface area contributed by atoms with E-state index < -0.39 is 18.3 Å². The van der Waals surface area contributed by atoms with E-state index in [4.69, 9.17) is 14.0 Å². The van der Waals surface area contributed by atoms with Gasteiger partial charge in [0.15, 0.2) is 0 Å². The van der Waals surface area contributed by atoms with E-state index in [2.05, 4.69) is 6.07 Å². The van der Waals surface area contributed by atoms with Gasteiger partial charge in [-0.1, -0.05) is 36.4 Å². The maximum Gasteiger partial charge on any atom is 0.498 e. The van der Waals surface area contributed by atoms with Gasteiger partial charge in [0.1, 0.15) is 5.75 Å². The number of methoxy groups -OCH3 is 1. The lowest BCUT2D eigenvalue weighted by molar-refractivity contribution is 0.00578. The molecule has 0 spiro atoms. The number of phenols is 1. The molecule has 2 aromatic rings. The lowest BCUT2D eigenvalue weighted by atomic mass is 9.73. The van der Waals surface area contributed by atoms with E-state index in [-0.39, 0.29) is 5.75 Å². The van der Waals surface area contributed by atoms with Crippen molar-refractivity contribution in [2.45, 2.75) is 51.7 Å².